The number of fused-ring (bicyclic) bond motifs is 3. The summed E-state index contributed by atoms with van der Waals surface area (Å²) in [6.45, 7) is 0. The van der Waals surface area contributed by atoms with Crippen molar-refractivity contribution in [3.05, 3.63) is 212 Å². The second-order valence-electron chi connectivity index (χ2n) is 12.9. The number of benzene rings is 8. The molecule has 2 heteroatoms. The third kappa shape index (κ3) is 4.92. The molecule has 0 saturated heterocycles. The highest BCUT2D eigenvalue weighted by atomic mass is 28.3. The Hall–Kier alpha value is -6.22. The Labute approximate surface area is 295 Å². The second kappa shape index (κ2) is 12.7. The molecular formula is C48H35NSi. The van der Waals surface area contributed by atoms with Gasteiger partial charge in [-0.25, -0.2) is 0 Å². The third-order valence-corrected chi connectivity index (χ3v) is 15.1. The van der Waals surface area contributed by atoms with Gasteiger partial charge >= 0.3 is 0 Å². The van der Waals surface area contributed by atoms with Crippen molar-refractivity contribution in [1.29, 1.82) is 0 Å². The van der Waals surface area contributed by atoms with Crippen LogP contribution < -0.4 is 25.6 Å². The monoisotopic (exact) mass is 653 g/mol. The first-order chi connectivity index (χ1) is 24.8. The van der Waals surface area contributed by atoms with Crippen LogP contribution in [0, 0.1) is 0 Å². The lowest BCUT2D eigenvalue weighted by Crippen LogP contribution is -2.73. The Morgan fingerprint density at radius 3 is 1.30 bits per heavy atom. The summed E-state index contributed by atoms with van der Waals surface area (Å²) in [5, 5.41) is 5.67. The molecule has 50 heavy (non-hydrogen) atoms. The highest BCUT2D eigenvalue weighted by Gasteiger charge is 2.50. The van der Waals surface area contributed by atoms with Gasteiger partial charge < -0.3 is 4.90 Å². The van der Waals surface area contributed by atoms with Gasteiger partial charge in [0.1, 0.15) is 0 Å². The van der Waals surface area contributed by atoms with Crippen molar-refractivity contribution >= 4 is 45.9 Å². The molecule has 0 N–H and O–H groups in total. The predicted molar refractivity (Wildman–Crippen MR) is 215 cm³/mol. The van der Waals surface area contributed by atoms with Crippen molar-refractivity contribution < 1.29 is 0 Å². The van der Waals surface area contributed by atoms with E-state index in [1.165, 1.54) is 59.8 Å². The van der Waals surface area contributed by atoms with E-state index in [1.807, 2.05) is 0 Å². The van der Waals surface area contributed by atoms with Gasteiger partial charge in [0.2, 0.25) is 0 Å². The van der Waals surface area contributed by atoms with E-state index < -0.39 is 8.07 Å². The molecule has 0 spiro atoms. The van der Waals surface area contributed by atoms with Gasteiger partial charge in [-0.3, -0.25) is 0 Å². The maximum absolute atomic E-state index is 2.74. The molecule has 0 aliphatic carbocycles. The van der Waals surface area contributed by atoms with E-state index in [4.69, 9.17) is 0 Å². The number of hydrogen-bond donors (Lipinski definition) is 0. The molecule has 1 nitrogen and oxygen atoms in total. The minimum Gasteiger partial charge on any atom is -0.311 e. The fraction of sp³-hybridized carbons (Fsp3) is 0. The summed E-state index contributed by atoms with van der Waals surface area (Å²) in [6, 6.07) is 77.9. The average Bonchev–Trinajstić information content (AvgIpc) is 3.52. The summed E-state index contributed by atoms with van der Waals surface area (Å²) in [6.07, 6.45) is 0. The normalized spacial score (nSPS) is 12.6. The molecule has 0 unspecified atom stereocenters. The molecule has 236 valence electrons. The molecular weight excluding hydrogens is 619 g/mol. The number of hydrogen-bond acceptors (Lipinski definition) is 1. The number of nitrogens with zero attached hydrogens (tertiary/aromatic N) is 1. The SMILES string of the molecule is c1ccc(-c2ccc(-c3ccc(N(c4ccccc4)c4cccc5c4[Si](c4ccccc4)(c4ccccc4)c4ccccc4-5)cc3)cc2)cc1. The van der Waals surface area contributed by atoms with Crippen molar-refractivity contribution in [2.45, 2.75) is 0 Å². The molecule has 0 amide bonds. The van der Waals surface area contributed by atoms with Crippen LogP contribution in [-0.2, 0) is 0 Å². The molecule has 0 aromatic heterocycles. The topological polar surface area (TPSA) is 3.24 Å². The van der Waals surface area contributed by atoms with Crippen LogP contribution in [0.15, 0.2) is 212 Å². The van der Waals surface area contributed by atoms with Crippen LogP contribution in [0.4, 0.5) is 17.1 Å². The van der Waals surface area contributed by atoms with Crippen LogP contribution in [0.5, 0.6) is 0 Å². The molecule has 0 atom stereocenters. The Morgan fingerprint density at radius 1 is 0.300 bits per heavy atom. The van der Waals surface area contributed by atoms with Crippen LogP contribution in [-0.4, -0.2) is 8.07 Å². The molecule has 0 saturated carbocycles. The Morgan fingerprint density at radius 2 is 0.720 bits per heavy atom. The van der Waals surface area contributed by atoms with Crippen molar-refractivity contribution in [3.63, 3.8) is 0 Å². The fourth-order valence-corrected chi connectivity index (χ4v) is 13.3. The van der Waals surface area contributed by atoms with Crippen LogP contribution in [0.2, 0.25) is 0 Å². The molecule has 8 aromatic rings. The van der Waals surface area contributed by atoms with Crippen molar-refractivity contribution in [1.82, 2.24) is 0 Å². The van der Waals surface area contributed by atoms with Crippen LogP contribution in [0.25, 0.3) is 33.4 Å². The van der Waals surface area contributed by atoms with Crippen molar-refractivity contribution in [2.75, 3.05) is 4.90 Å². The minimum absolute atomic E-state index is 1.13. The molecule has 0 fully saturated rings. The van der Waals surface area contributed by atoms with Gasteiger partial charge in [0.05, 0.1) is 0 Å². The lowest BCUT2D eigenvalue weighted by atomic mass is 10.00. The summed E-state index contributed by atoms with van der Waals surface area (Å²) in [5.74, 6) is 0. The smallest absolute Gasteiger partial charge is 0.183 e. The van der Waals surface area contributed by atoms with E-state index in [1.54, 1.807) is 0 Å². The van der Waals surface area contributed by atoms with E-state index >= 15 is 0 Å². The first-order valence-electron chi connectivity index (χ1n) is 17.3. The van der Waals surface area contributed by atoms with Crippen LogP contribution in [0.1, 0.15) is 0 Å². The molecule has 0 radical (unpaired) electrons. The highest BCUT2D eigenvalue weighted by Crippen LogP contribution is 2.40. The van der Waals surface area contributed by atoms with Crippen molar-refractivity contribution in [2.24, 2.45) is 0 Å². The largest absolute Gasteiger partial charge is 0.311 e. The molecule has 1 aliphatic heterocycles. The Balaban J connectivity index is 1.24. The standard InChI is InChI=1S/C48H35NSi/c1-5-16-36(17-6-1)37-28-30-38(31-29-37)39-32-34-41(35-33-39)49(40-18-7-2-8-19-40)46-26-15-25-45-44-24-13-14-27-47(44)50(48(45)46,42-20-9-3-10-21-42)43-22-11-4-12-23-43/h1-35H. The van der Waals surface area contributed by atoms with E-state index in [0.717, 1.165) is 11.4 Å². The Bertz CT molecular complexity index is 2350. The zero-order chi connectivity index (χ0) is 33.3. The first-order valence-corrected chi connectivity index (χ1v) is 19.3. The molecule has 1 heterocycles. The summed E-state index contributed by atoms with van der Waals surface area (Å²) in [5.41, 5.74) is 11.0. The lowest BCUT2D eigenvalue weighted by molar-refractivity contribution is 1.29. The van der Waals surface area contributed by atoms with Gasteiger partial charge in [0.15, 0.2) is 8.07 Å². The van der Waals surface area contributed by atoms with Gasteiger partial charge in [0, 0.05) is 17.1 Å². The Kier molecular flexibility index (Phi) is 7.57. The van der Waals surface area contributed by atoms with Crippen molar-refractivity contribution in [3.8, 4) is 33.4 Å². The number of rotatable bonds is 7. The predicted octanol–water partition coefficient (Wildman–Crippen LogP) is 9.85. The van der Waals surface area contributed by atoms with Gasteiger partial charge in [0.25, 0.3) is 0 Å². The third-order valence-electron chi connectivity index (χ3n) is 10.2. The highest BCUT2D eigenvalue weighted by molar-refractivity contribution is 7.22. The van der Waals surface area contributed by atoms with Crippen LogP contribution in [0.3, 0.4) is 0 Å². The summed E-state index contributed by atoms with van der Waals surface area (Å²) < 4.78 is 0. The minimum atomic E-state index is -2.74. The van der Waals surface area contributed by atoms with Gasteiger partial charge in [-0.2, -0.15) is 0 Å². The zero-order valence-electron chi connectivity index (χ0n) is 27.7. The van der Waals surface area contributed by atoms with E-state index in [2.05, 4.69) is 217 Å². The maximum Gasteiger partial charge on any atom is 0.183 e. The second-order valence-corrected chi connectivity index (χ2v) is 16.6. The summed E-state index contributed by atoms with van der Waals surface area (Å²) >= 11 is 0. The number of para-hydroxylation sites is 1. The lowest BCUT2D eigenvalue weighted by Gasteiger charge is -2.36. The molecule has 0 bridgehead atoms. The summed E-state index contributed by atoms with van der Waals surface area (Å²) in [4.78, 5) is 2.47. The van der Waals surface area contributed by atoms with E-state index in [-0.39, 0.29) is 0 Å². The molecule has 1 aliphatic rings. The van der Waals surface area contributed by atoms with Gasteiger partial charge in [-0.05, 0) is 84.5 Å². The molecule has 9 rings (SSSR count). The zero-order valence-corrected chi connectivity index (χ0v) is 28.7. The van der Waals surface area contributed by atoms with Gasteiger partial charge in [-0.1, -0.05) is 182 Å². The van der Waals surface area contributed by atoms with Crippen LogP contribution >= 0.6 is 0 Å². The molecule has 8 aromatic carbocycles. The summed E-state index contributed by atoms with van der Waals surface area (Å²) in [7, 11) is -2.74. The quantitative estimate of drug-likeness (QED) is 0.155. The van der Waals surface area contributed by atoms with E-state index in [9.17, 15) is 0 Å². The average molecular weight is 654 g/mol. The number of anilines is 3. The first kappa shape index (κ1) is 29.9. The van der Waals surface area contributed by atoms with Gasteiger partial charge in [-0.15, -0.1) is 0 Å². The maximum atomic E-state index is 2.47. The van der Waals surface area contributed by atoms with E-state index in [0.29, 0.717) is 0 Å². The fourth-order valence-electron chi connectivity index (χ4n) is 7.96.